The molecule has 1 aromatic heterocycles. The number of aromatic nitrogens is 1. The number of amides is 1. The lowest BCUT2D eigenvalue weighted by atomic mass is 10.0. The Kier molecular flexibility index (Phi) is 3.56. The standard InChI is InChI=1S/C19H16F2N2O/c20-14-5-3-12(4-6-14)18-2-1-9-23(18)19(24)17-11-13-10-15(21)7-8-16(13)22-17/h3-8,10-11,18,22H,1-2,9H2. The quantitative estimate of drug-likeness (QED) is 0.743. The molecule has 1 atom stereocenters. The van der Waals surface area contributed by atoms with Gasteiger partial charge in [0, 0.05) is 17.4 Å². The van der Waals surface area contributed by atoms with Crippen molar-refractivity contribution in [1.29, 1.82) is 0 Å². The van der Waals surface area contributed by atoms with E-state index in [0.717, 1.165) is 23.9 Å². The molecule has 4 rings (SSSR count). The molecule has 122 valence electrons. The van der Waals surface area contributed by atoms with Crippen molar-refractivity contribution in [2.24, 2.45) is 0 Å². The van der Waals surface area contributed by atoms with Crippen LogP contribution >= 0.6 is 0 Å². The third-order valence-corrected chi connectivity index (χ3v) is 4.58. The van der Waals surface area contributed by atoms with E-state index in [-0.39, 0.29) is 23.6 Å². The molecule has 1 saturated heterocycles. The molecular formula is C19H16F2N2O. The topological polar surface area (TPSA) is 36.1 Å². The fraction of sp³-hybridized carbons (Fsp3) is 0.211. The number of benzene rings is 2. The zero-order valence-corrected chi connectivity index (χ0v) is 12.9. The second-order valence-electron chi connectivity index (χ2n) is 6.12. The fourth-order valence-electron chi connectivity index (χ4n) is 3.41. The van der Waals surface area contributed by atoms with E-state index < -0.39 is 0 Å². The highest BCUT2D eigenvalue weighted by atomic mass is 19.1. The van der Waals surface area contributed by atoms with Crippen molar-refractivity contribution in [3.63, 3.8) is 0 Å². The summed E-state index contributed by atoms with van der Waals surface area (Å²) in [4.78, 5) is 17.7. The lowest BCUT2D eigenvalue weighted by Crippen LogP contribution is -2.30. The summed E-state index contributed by atoms with van der Waals surface area (Å²) in [5.74, 6) is -0.725. The zero-order chi connectivity index (χ0) is 16.7. The van der Waals surface area contributed by atoms with Crippen LogP contribution in [0.3, 0.4) is 0 Å². The van der Waals surface area contributed by atoms with Crippen molar-refractivity contribution >= 4 is 16.8 Å². The molecule has 0 bridgehead atoms. The Balaban J connectivity index is 1.65. The molecule has 5 heteroatoms. The van der Waals surface area contributed by atoms with Crippen LogP contribution in [0.25, 0.3) is 10.9 Å². The summed E-state index contributed by atoms with van der Waals surface area (Å²) < 4.78 is 26.5. The van der Waals surface area contributed by atoms with E-state index in [4.69, 9.17) is 0 Å². The SMILES string of the molecule is O=C(c1cc2cc(F)ccc2[nH]1)N1CCCC1c1ccc(F)cc1. The Labute approximate surface area is 137 Å². The van der Waals surface area contributed by atoms with Gasteiger partial charge in [0.15, 0.2) is 0 Å². The summed E-state index contributed by atoms with van der Waals surface area (Å²) in [7, 11) is 0. The van der Waals surface area contributed by atoms with Gasteiger partial charge < -0.3 is 9.88 Å². The Morgan fingerprint density at radius 2 is 1.79 bits per heavy atom. The average Bonchev–Trinajstić information content (AvgIpc) is 3.21. The zero-order valence-electron chi connectivity index (χ0n) is 12.9. The second-order valence-corrected chi connectivity index (χ2v) is 6.12. The van der Waals surface area contributed by atoms with Gasteiger partial charge in [-0.05, 0) is 54.8 Å². The summed E-state index contributed by atoms with van der Waals surface area (Å²) in [5, 5.41) is 0.677. The first kappa shape index (κ1) is 14.9. The van der Waals surface area contributed by atoms with E-state index in [2.05, 4.69) is 4.98 Å². The number of carbonyl (C=O) groups excluding carboxylic acids is 1. The molecule has 2 aromatic carbocycles. The summed E-state index contributed by atoms with van der Waals surface area (Å²) in [5.41, 5.74) is 2.12. The minimum atomic E-state index is -0.328. The van der Waals surface area contributed by atoms with Gasteiger partial charge in [0.25, 0.3) is 5.91 Å². The van der Waals surface area contributed by atoms with Crippen molar-refractivity contribution < 1.29 is 13.6 Å². The first-order chi connectivity index (χ1) is 11.6. The summed E-state index contributed by atoms with van der Waals surface area (Å²) in [6, 6.07) is 12.3. The Hall–Kier alpha value is -2.69. The molecule has 24 heavy (non-hydrogen) atoms. The van der Waals surface area contributed by atoms with Crippen LogP contribution in [0.15, 0.2) is 48.5 Å². The molecule has 1 amide bonds. The predicted molar refractivity (Wildman–Crippen MR) is 87.7 cm³/mol. The minimum absolute atomic E-state index is 0.0544. The Morgan fingerprint density at radius 3 is 2.58 bits per heavy atom. The number of fused-ring (bicyclic) bond motifs is 1. The van der Waals surface area contributed by atoms with Gasteiger partial charge in [-0.25, -0.2) is 8.78 Å². The van der Waals surface area contributed by atoms with Gasteiger partial charge in [-0.15, -0.1) is 0 Å². The lowest BCUT2D eigenvalue weighted by Gasteiger charge is -2.24. The van der Waals surface area contributed by atoms with Gasteiger partial charge in [0.05, 0.1) is 6.04 Å². The number of rotatable bonds is 2. The molecule has 0 radical (unpaired) electrons. The lowest BCUT2D eigenvalue weighted by molar-refractivity contribution is 0.0730. The molecule has 1 aliphatic heterocycles. The van der Waals surface area contributed by atoms with E-state index in [0.29, 0.717) is 17.6 Å². The van der Waals surface area contributed by atoms with Crippen molar-refractivity contribution in [2.45, 2.75) is 18.9 Å². The van der Waals surface area contributed by atoms with Gasteiger partial charge in [-0.1, -0.05) is 12.1 Å². The molecule has 2 heterocycles. The number of aromatic amines is 1. The molecule has 0 saturated carbocycles. The maximum Gasteiger partial charge on any atom is 0.270 e. The molecule has 3 nitrogen and oxygen atoms in total. The third kappa shape index (κ3) is 2.56. The van der Waals surface area contributed by atoms with Crippen LogP contribution in [0.1, 0.15) is 34.9 Å². The summed E-state index contributed by atoms with van der Waals surface area (Å²) >= 11 is 0. The van der Waals surface area contributed by atoms with E-state index in [9.17, 15) is 13.6 Å². The molecule has 1 unspecified atom stereocenters. The highest BCUT2D eigenvalue weighted by molar-refractivity contribution is 5.98. The highest BCUT2D eigenvalue weighted by Gasteiger charge is 2.31. The van der Waals surface area contributed by atoms with Gasteiger partial charge in [-0.2, -0.15) is 0 Å². The maximum atomic E-state index is 13.3. The largest absolute Gasteiger partial charge is 0.351 e. The summed E-state index contributed by atoms with van der Waals surface area (Å²) in [6.45, 7) is 0.657. The van der Waals surface area contributed by atoms with Gasteiger partial charge in [0.2, 0.25) is 0 Å². The fourth-order valence-corrected chi connectivity index (χ4v) is 3.41. The summed E-state index contributed by atoms with van der Waals surface area (Å²) in [6.07, 6.45) is 1.76. The van der Waals surface area contributed by atoms with Crippen LogP contribution in [0, 0.1) is 11.6 Å². The van der Waals surface area contributed by atoms with Gasteiger partial charge in [-0.3, -0.25) is 4.79 Å². The monoisotopic (exact) mass is 326 g/mol. The van der Waals surface area contributed by atoms with Crippen LogP contribution < -0.4 is 0 Å². The Morgan fingerprint density at radius 1 is 1.04 bits per heavy atom. The van der Waals surface area contributed by atoms with Crippen LogP contribution in [-0.2, 0) is 0 Å². The number of carbonyl (C=O) groups is 1. The molecule has 1 N–H and O–H groups in total. The molecule has 1 aliphatic rings. The maximum absolute atomic E-state index is 13.3. The Bertz CT molecular complexity index is 901. The van der Waals surface area contributed by atoms with Gasteiger partial charge >= 0.3 is 0 Å². The number of nitrogens with one attached hydrogen (secondary N) is 1. The van der Waals surface area contributed by atoms with Crippen molar-refractivity contribution in [2.75, 3.05) is 6.54 Å². The van der Waals surface area contributed by atoms with Crippen molar-refractivity contribution in [3.05, 3.63) is 71.4 Å². The van der Waals surface area contributed by atoms with E-state index in [1.165, 1.54) is 24.3 Å². The second kappa shape index (κ2) is 5.74. The van der Waals surface area contributed by atoms with Crippen LogP contribution in [-0.4, -0.2) is 22.3 Å². The highest BCUT2D eigenvalue weighted by Crippen LogP contribution is 2.33. The van der Waals surface area contributed by atoms with E-state index >= 15 is 0 Å². The number of H-pyrrole nitrogens is 1. The number of hydrogen-bond donors (Lipinski definition) is 1. The number of likely N-dealkylation sites (tertiary alicyclic amines) is 1. The molecule has 0 aliphatic carbocycles. The molecule has 0 spiro atoms. The van der Waals surface area contributed by atoms with E-state index in [1.54, 1.807) is 29.2 Å². The van der Waals surface area contributed by atoms with Crippen LogP contribution in [0.4, 0.5) is 8.78 Å². The van der Waals surface area contributed by atoms with Gasteiger partial charge in [0.1, 0.15) is 17.3 Å². The molecule has 1 fully saturated rings. The smallest absolute Gasteiger partial charge is 0.270 e. The third-order valence-electron chi connectivity index (χ3n) is 4.58. The van der Waals surface area contributed by atoms with Crippen molar-refractivity contribution in [3.8, 4) is 0 Å². The minimum Gasteiger partial charge on any atom is -0.351 e. The number of halogens is 2. The van der Waals surface area contributed by atoms with Crippen LogP contribution in [0.2, 0.25) is 0 Å². The predicted octanol–water partition coefficient (Wildman–Crippen LogP) is 4.42. The van der Waals surface area contributed by atoms with Crippen LogP contribution in [0.5, 0.6) is 0 Å². The first-order valence-corrected chi connectivity index (χ1v) is 7.96. The molecular weight excluding hydrogens is 310 g/mol. The number of hydrogen-bond acceptors (Lipinski definition) is 1. The van der Waals surface area contributed by atoms with Crippen molar-refractivity contribution in [1.82, 2.24) is 9.88 Å². The van der Waals surface area contributed by atoms with E-state index in [1.807, 2.05) is 0 Å². The molecule has 3 aromatic rings. The number of nitrogens with zero attached hydrogens (tertiary/aromatic N) is 1. The average molecular weight is 326 g/mol. The first-order valence-electron chi connectivity index (χ1n) is 7.96. The normalized spacial score (nSPS) is 17.6.